The second-order valence-corrected chi connectivity index (χ2v) is 12.0. The molecule has 172 valence electrons. The molecule has 1 aliphatic heterocycles. The molecule has 0 atom stereocenters. The molecule has 3 aromatic rings. The smallest absolute Gasteiger partial charge is 0.162 e. The molecule has 0 aromatic heterocycles. The van der Waals surface area contributed by atoms with Gasteiger partial charge in [0.2, 0.25) is 0 Å². The predicted molar refractivity (Wildman–Crippen MR) is 137 cm³/mol. The number of fused-ring (bicyclic) bond motifs is 2. The molecule has 34 heavy (non-hydrogen) atoms. The van der Waals surface area contributed by atoms with Crippen LogP contribution in [0.1, 0.15) is 64.9 Å². The fourth-order valence-electron chi connectivity index (χ4n) is 6.54. The lowest BCUT2D eigenvalue weighted by Gasteiger charge is -2.44. The Labute approximate surface area is 200 Å². The number of hydrogen-bond acceptors (Lipinski definition) is 3. The Morgan fingerprint density at radius 3 is 1.59 bits per heavy atom. The lowest BCUT2D eigenvalue weighted by molar-refractivity contribution is -0.119. The molecule has 6 rings (SSSR count). The SMILES string of the molecule is CC1(C)CC(=O)C2=C(C1)NC1=C(C(=O)CC(C)(C)C1)C2c1c2ccccc2cc2ccccc12. The van der Waals surface area contributed by atoms with Gasteiger partial charge in [-0.1, -0.05) is 76.2 Å². The van der Waals surface area contributed by atoms with Crippen molar-refractivity contribution in [1.29, 1.82) is 0 Å². The Morgan fingerprint density at radius 2 is 1.12 bits per heavy atom. The summed E-state index contributed by atoms with van der Waals surface area (Å²) in [5.41, 5.74) is 4.58. The van der Waals surface area contributed by atoms with Gasteiger partial charge in [0.1, 0.15) is 0 Å². The van der Waals surface area contributed by atoms with Crippen LogP contribution in [-0.2, 0) is 9.59 Å². The molecule has 1 heterocycles. The van der Waals surface area contributed by atoms with Crippen LogP contribution in [0.4, 0.5) is 0 Å². The fourth-order valence-corrected chi connectivity index (χ4v) is 6.54. The van der Waals surface area contributed by atoms with Crippen molar-refractivity contribution in [2.75, 3.05) is 0 Å². The molecule has 0 spiro atoms. The van der Waals surface area contributed by atoms with Gasteiger partial charge < -0.3 is 5.32 Å². The van der Waals surface area contributed by atoms with Crippen LogP contribution in [0.5, 0.6) is 0 Å². The monoisotopic (exact) mass is 449 g/mol. The van der Waals surface area contributed by atoms with Crippen LogP contribution in [0.2, 0.25) is 0 Å². The lowest BCUT2D eigenvalue weighted by Crippen LogP contribution is -2.42. The first-order valence-corrected chi connectivity index (χ1v) is 12.3. The summed E-state index contributed by atoms with van der Waals surface area (Å²) in [6, 6.07) is 19.0. The molecule has 1 N–H and O–H groups in total. The zero-order valence-corrected chi connectivity index (χ0v) is 20.4. The third-order valence-electron chi connectivity index (χ3n) is 7.82. The Morgan fingerprint density at radius 1 is 0.676 bits per heavy atom. The second kappa shape index (κ2) is 7.15. The number of nitrogens with one attached hydrogen (secondary N) is 1. The summed E-state index contributed by atoms with van der Waals surface area (Å²) in [7, 11) is 0. The van der Waals surface area contributed by atoms with Crippen LogP contribution in [-0.4, -0.2) is 11.6 Å². The first-order chi connectivity index (χ1) is 16.1. The van der Waals surface area contributed by atoms with Gasteiger partial charge in [0.05, 0.1) is 0 Å². The molecular weight excluding hydrogens is 418 g/mol. The number of ketones is 2. The molecule has 0 saturated heterocycles. The highest BCUT2D eigenvalue weighted by molar-refractivity contribution is 6.11. The standard InChI is InChI=1S/C31H31NO2/c1-30(2)14-22-27(24(33)16-30)29(28-23(32-22)15-31(3,4)17-25(28)34)26-20-11-7-5-9-18(20)13-19-10-6-8-12-21(19)26/h5-13,29,32H,14-17H2,1-4H3. The van der Waals surface area contributed by atoms with Crippen molar-refractivity contribution in [3.63, 3.8) is 0 Å². The summed E-state index contributed by atoms with van der Waals surface area (Å²) in [6.45, 7) is 8.66. The fraction of sp³-hybridized carbons (Fsp3) is 0.355. The average Bonchev–Trinajstić information content (AvgIpc) is 2.74. The predicted octanol–water partition coefficient (Wildman–Crippen LogP) is 6.97. The van der Waals surface area contributed by atoms with Crippen molar-refractivity contribution in [1.82, 2.24) is 5.32 Å². The molecule has 0 amide bonds. The van der Waals surface area contributed by atoms with Crippen LogP contribution in [0, 0.1) is 10.8 Å². The summed E-state index contributed by atoms with van der Waals surface area (Å²) < 4.78 is 0. The zero-order chi connectivity index (χ0) is 23.8. The van der Waals surface area contributed by atoms with Gasteiger partial charge in [-0.05, 0) is 56.8 Å². The Bertz CT molecular complexity index is 1360. The van der Waals surface area contributed by atoms with Crippen molar-refractivity contribution in [3.05, 3.63) is 82.7 Å². The van der Waals surface area contributed by atoms with Crippen molar-refractivity contribution < 1.29 is 9.59 Å². The summed E-state index contributed by atoms with van der Waals surface area (Å²) in [4.78, 5) is 27.6. The molecule has 0 fully saturated rings. The van der Waals surface area contributed by atoms with Gasteiger partial charge in [-0.15, -0.1) is 0 Å². The number of hydrogen-bond donors (Lipinski definition) is 1. The third kappa shape index (κ3) is 3.25. The van der Waals surface area contributed by atoms with E-state index in [1.807, 2.05) is 0 Å². The van der Waals surface area contributed by atoms with Crippen molar-refractivity contribution in [2.24, 2.45) is 10.8 Å². The summed E-state index contributed by atoms with van der Waals surface area (Å²) in [5.74, 6) is 0.0179. The van der Waals surface area contributed by atoms with E-state index in [0.29, 0.717) is 12.8 Å². The highest BCUT2D eigenvalue weighted by atomic mass is 16.1. The van der Waals surface area contributed by atoms with Gasteiger partial charge >= 0.3 is 0 Å². The average molecular weight is 450 g/mol. The van der Waals surface area contributed by atoms with E-state index in [1.165, 1.54) is 0 Å². The van der Waals surface area contributed by atoms with Gasteiger partial charge in [0.25, 0.3) is 0 Å². The summed E-state index contributed by atoms with van der Waals surface area (Å²) in [6.07, 6.45) is 2.65. The molecule has 3 heteroatoms. The molecule has 2 aliphatic carbocycles. The minimum absolute atomic E-state index is 0.0967. The van der Waals surface area contributed by atoms with Gasteiger partial charge in [0, 0.05) is 41.3 Å². The molecule has 3 aromatic carbocycles. The van der Waals surface area contributed by atoms with Gasteiger partial charge in [-0.25, -0.2) is 0 Å². The maximum absolute atomic E-state index is 13.8. The zero-order valence-electron chi connectivity index (χ0n) is 20.4. The quantitative estimate of drug-likeness (QED) is 0.408. The second-order valence-electron chi connectivity index (χ2n) is 12.0. The number of carbonyl (C=O) groups excluding carboxylic acids is 2. The lowest BCUT2D eigenvalue weighted by atomic mass is 9.63. The third-order valence-corrected chi connectivity index (χ3v) is 7.82. The van der Waals surface area contributed by atoms with E-state index < -0.39 is 0 Å². The Balaban J connectivity index is 1.72. The van der Waals surface area contributed by atoms with Gasteiger partial charge in [0.15, 0.2) is 11.6 Å². The number of dihydropyridines is 1. The Kier molecular flexibility index (Phi) is 4.49. The van der Waals surface area contributed by atoms with E-state index in [1.54, 1.807) is 0 Å². The molecule has 0 radical (unpaired) electrons. The van der Waals surface area contributed by atoms with Crippen molar-refractivity contribution in [2.45, 2.75) is 59.3 Å². The minimum Gasteiger partial charge on any atom is -0.362 e. The molecular formula is C31H31NO2. The first kappa shape index (κ1) is 21.3. The van der Waals surface area contributed by atoms with E-state index >= 15 is 0 Å². The van der Waals surface area contributed by atoms with Crippen molar-refractivity contribution >= 4 is 33.1 Å². The maximum Gasteiger partial charge on any atom is 0.162 e. The highest BCUT2D eigenvalue weighted by Gasteiger charge is 2.47. The van der Waals surface area contributed by atoms with Crippen LogP contribution in [0.3, 0.4) is 0 Å². The van der Waals surface area contributed by atoms with Gasteiger partial charge in [-0.3, -0.25) is 9.59 Å². The molecule has 3 nitrogen and oxygen atoms in total. The normalized spacial score (nSPS) is 22.1. The molecule has 3 aliphatic rings. The van der Waals surface area contributed by atoms with Crippen LogP contribution in [0.25, 0.3) is 21.5 Å². The number of allylic oxidation sites excluding steroid dienone is 4. The molecule has 0 bridgehead atoms. The van der Waals surface area contributed by atoms with Crippen LogP contribution < -0.4 is 5.32 Å². The minimum atomic E-state index is -0.325. The maximum atomic E-state index is 13.8. The van der Waals surface area contributed by atoms with E-state index in [0.717, 1.165) is 62.5 Å². The van der Waals surface area contributed by atoms with Gasteiger partial charge in [-0.2, -0.15) is 0 Å². The van der Waals surface area contributed by atoms with Crippen molar-refractivity contribution in [3.8, 4) is 0 Å². The number of Topliss-reactive ketones (excluding diaryl/α,β-unsaturated/α-hetero) is 2. The number of carbonyl (C=O) groups is 2. The van der Waals surface area contributed by atoms with E-state index in [9.17, 15) is 9.59 Å². The Hall–Kier alpha value is -3.20. The topological polar surface area (TPSA) is 46.2 Å². The van der Waals surface area contributed by atoms with Crippen LogP contribution in [0.15, 0.2) is 77.1 Å². The van der Waals surface area contributed by atoms with Crippen LogP contribution >= 0.6 is 0 Å². The largest absolute Gasteiger partial charge is 0.362 e. The molecule has 0 saturated carbocycles. The number of rotatable bonds is 1. The first-order valence-electron chi connectivity index (χ1n) is 12.3. The molecule has 0 unspecified atom stereocenters. The summed E-state index contributed by atoms with van der Waals surface area (Å²) >= 11 is 0. The highest BCUT2D eigenvalue weighted by Crippen LogP contribution is 2.53. The summed E-state index contributed by atoms with van der Waals surface area (Å²) in [5, 5.41) is 8.19. The van der Waals surface area contributed by atoms with E-state index in [2.05, 4.69) is 87.6 Å². The number of benzene rings is 3. The van der Waals surface area contributed by atoms with E-state index in [-0.39, 0.29) is 28.3 Å². The van der Waals surface area contributed by atoms with E-state index in [4.69, 9.17) is 0 Å².